The van der Waals surface area contributed by atoms with Gasteiger partial charge in [-0.25, -0.2) is 19.2 Å². The highest BCUT2D eigenvalue weighted by Crippen LogP contribution is 2.14. The Morgan fingerprint density at radius 1 is 0.793 bits per heavy atom. The van der Waals surface area contributed by atoms with E-state index in [2.05, 4.69) is 18.9 Å². The minimum atomic E-state index is -1.45. The van der Waals surface area contributed by atoms with E-state index in [4.69, 9.17) is 30.6 Å². The molecule has 0 fully saturated rings. The summed E-state index contributed by atoms with van der Waals surface area (Å²) in [4.78, 5) is 38.8. The summed E-state index contributed by atoms with van der Waals surface area (Å²) < 4.78 is 16.0. The van der Waals surface area contributed by atoms with Crippen molar-refractivity contribution >= 4 is 24.6 Å². The van der Waals surface area contributed by atoms with Crippen molar-refractivity contribution in [3.8, 4) is 11.5 Å². The molecule has 14 nitrogen and oxygen atoms in total. The molecule has 0 aliphatic heterocycles. The average Bonchev–Trinajstić information content (AvgIpc) is 2.57. The number of carboxylic acid groups (broad SMARTS) is 4. The molecule has 0 aromatic heterocycles. The van der Waals surface area contributed by atoms with Crippen LogP contribution in [0.5, 0.6) is 11.5 Å². The molecule has 0 heterocycles. The second kappa shape index (κ2) is 16.1. The van der Waals surface area contributed by atoms with Crippen LogP contribution < -0.4 is 0 Å². The Bertz CT molecular complexity index is 610. The van der Waals surface area contributed by atoms with Crippen LogP contribution in [0.1, 0.15) is 6.92 Å². The molecule has 164 valence electrons. The fraction of sp³-hybridized carbons (Fsp3) is 0.333. The molecule has 0 saturated heterocycles. The lowest BCUT2D eigenvalue weighted by Crippen LogP contribution is -2.20. The highest BCUT2D eigenvalue weighted by Gasteiger charge is 2.09. The molecule has 0 radical (unpaired) electrons. The highest BCUT2D eigenvalue weighted by atomic mass is 16.7. The van der Waals surface area contributed by atoms with Gasteiger partial charge in [-0.15, -0.1) is 0 Å². The Morgan fingerprint density at radius 2 is 1.21 bits per heavy atom. The van der Waals surface area contributed by atoms with Crippen molar-refractivity contribution in [3.05, 3.63) is 24.3 Å². The third kappa shape index (κ3) is 23.9. The van der Waals surface area contributed by atoms with Crippen LogP contribution in [0.25, 0.3) is 0 Å². The van der Waals surface area contributed by atoms with Crippen molar-refractivity contribution in [2.45, 2.75) is 13.0 Å². The van der Waals surface area contributed by atoms with Crippen LogP contribution in [0.3, 0.4) is 0 Å². The molecular weight excluding hydrogens is 404 g/mol. The molecule has 0 bridgehead atoms. The average molecular weight is 424 g/mol. The number of hydrogen-bond donors (Lipinski definition) is 6. The maximum atomic E-state index is 9.83. The lowest BCUT2D eigenvalue weighted by atomic mass is 10.3. The lowest BCUT2D eigenvalue weighted by molar-refractivity contribution is 0.0122. The Labute approximate surface area is 163 Å². The Morgan fingerprint density at radius 3 is 1.48 bits per heavy atom. The van der Waals surface area contributed by atoms with Crippen LogP contribution in [-0.4, -0.2) is 81.2 Å². The van der Waals surface area contributed by atoms with E-state index in [9.17, 15) is 19.2 Å². The van der Waals surface area contributed by atoms with Gasteiger partial charge in [0.25, 0.3) is 0 Å². The Hall–Kier alpha value is -4.10. The van der Waals surface area contributed by atoms with Gasteiger partial charge in [-0.2, -0.15) is 0 Å². The zero-order valence-corrected chi connectivity index (χ0v) is 15.0. The number of carbonyl (C=O) groups is 4. The van der Waals surface area contributed by atoms with E-state index >= 15 is 0 Å². The summed E-state index contributed by atoms with van der Waals surface area (Å²) in [5.74, 6) is 0.176. The van der Waals surface area contributed by atoms with Gasteiger partial charge in [-0.3, -0.25) is 0 Å². The van der Waals surface area contributed by atoms with Crippen molar-refractivity contribution in [1.29, 1.82) is 0 Å². The maximum Gasteiger partial charge on any atom is 0.506 e. The normalized spacial score (nSPS) is 9.83. The van der Waals surface area contributed by atoms with Gasteiger partial charge in [-0.05, 0) is 19.1 Å². The SMILES string of the molecule is CC(COC(=O)O)OC(=O)O.O=C(O)OCCOC(=O)O.Oc1cccc(O)c1. The monoisotopic (exact) mass is 424 g/mol. The summed E-state index contributed by atoms with van der Waals surface area (Å²) in [5, 5.41) is 49.0. The van der Waals surface area contributed by atoms with Gasteiger partial charge in [0.2, 0.25) is 0 Å². The van der Waals surface area contributed by atoms with E-state index in [0.717, 1.165) is 0 Å². The third-order valence-electron chi connectivity index (χ3n) is 2.11. The van der Waals surface area contributed by atoms with Crippen LogP contribution in [0.15, 0.2) is 24.3 Å². The van der Waals surface area contributed by atoms with E-state index < -0.39 is 30.7 Å². The third-order valence-corrected chi connectivity index (χ3v) is 2.11. The second-order valence-corrected chi connectivity index (χ2v) is 4.52. The van der Waals surface area contributed by atoms with E-state index in [1.54, 1.807) is 6.07 Å². The Kier molecular flexibility index (Phi) is 15.1. The largest absolute Gasteiger partial charge is 0.508 e. The molecule has 0 aliphatic carbocycles. The molecule has 1 aromatic rings. The number of phenols is 2. The zero-order chi connectivity index (χ0) is 22.8. The van der Waals surface area contributed by atoms with Crippen LogP contribution in [0.4, 0.5) is 19.2 Å². The van der Waals surface area contributed by atoms with Gasteiger partial charge >= 0.3 is 24.6 Å². The van der Waals surface area contributed by atoms with Crippen LogP contribution >= 0.6 is 0 Å². The summed E-state index contributed by atoms with van der Waals surface area (Å²) in [7, 11) is 0. The first-order valence-electron chi connectivity index (χ1n) is 7.38. The lowest BCUT2D eigenvalue weighted by Gasteiger charge is -2.08. The molecule has 1 atom stereocenters. The van der Waals surface area contributed by atoms with Gasteiger partial charge in [-0.1, -0.05) is 6.07 Å². The van der Waals surface area contributed by atoms with Crippen molar-refractivity contribution in [2.75, 3.05) is 19.8 Å². The number of rotatable bonds is 6. The van der Waals surface area contributed by atoms with Crippen molar-refractivity contribution in [2.24, 2.45) is 0 Å². The summed E-state index contributed by atoms with van der Waals surface area (Å²) in [6.45, 7) is 0.544. The number of aromatic hydroxyl groups is 2. The maximum absolute atomic E-state index is 9.83. The molecule has 29 heavy (non-hydrogen) atoms. The predicted octanol–water partition coefficient (Wildman–Crippen LogP) is 2.24. The minimum absolute atomic E-state index is 0.0880. The van der Waals surface area contributed by atoms with Crippen LogP contribution in [0, 0.1) is 0 Å². The summed E-state index contributed by atoms with van der Waals surface area (Å²) in [6.07, 6.45) is -6.58. The van der Waals surface area contributed by atoms with Gasteiger partial charge in [0.15, 0.2) is 0 Å². The summed E-state index contributed by atoms with van der Waals surface area (Å²) in [6, 6.07) is 5.85. The fourth-order valence-corrected chi connectivity index (χ4v) is 1.15. The predicted molar refractivity (Wildman–Crippen MR) is 90.3 cm³/mol. The highest BCUT2D eigenvalue weighted by molar-refractivity contribution is 5.58. The van der Waals surface area contributed by atoms with Gasteiger partial charge in [0.05, 0.1) is 0 Å². The molecular formula is C15H20O14. The fourth-order valence-electron chi connectivity index (χ4n) is 1.15. The van der Waals surface area contributed by atoms with Gasteiger partial charge in [0.1, 0.15) is 37.4 Å². The first-order chi connectivity index (χ1) is 13.4. The molecule has 0 amide bonds. The van der Waals surface area contributed by atoms with E-state index in [0.29, 0.717) is 0 Å². The van der Waals surface area contributed by atoms with Crippen LogP contribution in [-0.2, 0) is 18.9 Å². The first-order valence-corrected chi connectivity index (χ1v) is 7.38. The summed E-state index contributed by atoms with van der Waals surface area (Å²) >= 11 is 0. The smallest absolute Gasteiger partial charge is 0.506 e. The van der Waals surface area contributed by atoms with Gasteiger partial charge in [0, 0.05) is 6.07 Å². The number of hydrogen-bond acceptors (Lipinski definition) is 10. The second-order valence-electron chi connectivity index (χ2n) is 4.52. The molecule has 1 aromatic carbocycles. The molecule has 0 saturated carbocycles. The topological polar surface area (TPSA) is 227 Å². The van der Waals surface area contributed by atoms with E-state index in [-0.39, 0.29) is 31.3 Å². The Balaban J connectivity index is 0. The molecule has 14 heteroatoms. The standard InChI is InChI=1S/C6H6O2.C5H8O6.C4H6O6/c7-5-2-1-3-6(8)4-5;1-3(11-5(8)9)2-10-4(6)7;5-3(6)9-1-2-10-4(7)8/h1-4,7-8H;3H,2H2,1H3,(H,6,7)(H,8,9);1-2H2,(H,5,6)(H,7,8). The van der Waals surface area contributed by atoms with Gasteiger partial charge < -0.3 is 49.6 Å². The number of benzene rings is 1. The molecule has 0 aliphatic rings. The van der Waals surface area contributed by atoms with E-state index in [1.165, 1.54) is 25.1 Å². The van der Waals surface area contributed by atoms with Crippen molar-refractivity contribution in [1.82, 2.24) is 0 Å². The molecule has 6 N–H and O–H groups in total. The molecule has 1 rings (SSSR count). The van der Waals surface area contributed by atoms with Crippen molar-refractivity contribution < 1.29 is 68.8 Å². The molecule has 0 spiro atoms. The van der Waals surface area contributed by atoms with E-state index in [1.807, 2.05) is 0 Å². The number of phenolic OH excluding ortho intramolecular Hbond substituents is 2. The minimum Gasteiger partial charge on any atom is -0.508 e. The first kappa shape index (κ1) is 27.1. The number of ether oxygens (including phenoxy) is 4. The van der Waals surface area contributed by atoms with Crippen LogP contribution in [0.2, 0.25) is 0 Å². The molecule has 1 unspecified atom stereocenters. The summed E-state index contributed by atoms with van der Waals surface area (Å²) in [5.41, 5.74) is 0. The zero-order valence-electron chi connectivity index (χ0n) is 15.0. The van der Waals surface area contributed by atoms with Crippen molar-refractivity contribution in [3.63, 3.8) is 0 Å². The quantitative estimate of drug-likeness (QED) is 0.219.